The van der Waals surface area contributed by atoms with Crippen LogP contribution in [0.25, 0.3) is 0 Å². The Bertz CT molecular complexity index is 883. The van der Waals surface area contributed by atoms with Crippen LogP contribution in [0.15, 0.2) is 42.5 Å². The molecule has 0 radical (unpaired) electrons. The highest BCUT2D eigenvalue weighted by Crippen LogP contribution is 2.23. The number of benzene rings is 2. The van der Waals surface area contributed by atoms with Gasteiger partial charge in [-0.15, -0.1) is 0 Å². The molecule has 0 aromatic heterocycles. The Balaban J connectivity index is 1.50. The van der Waals surface area contributed by atoms with Crippen molar-refractivity contribution in [1.29, 1.82) is 0 Å². The predicted molar refractivity (Wildman–Crippen MR) is 110 cm³/mol. The molecule has 29 heavy (non-hydrogen) atoms. The molecule has 1 atom stereocenters. The van der Waals surface area contributed by atoms with Gasteiger partial charge in [-0.2, -0.15) is 0 Å². The average molecular weight is 420 g/mol. The Morgan fingerprint density at radius 1 is 1.07 bits per heavy atom. The summed E-state index contributed by atoms with van der Waals surface area (Å²) in [5, 5.41) is 3.35. The number of hydrogen-bond donors (Lipinski definition) is 1. The molecule has 0 aliphatic carbocycles. The summed E-state index contributed by atoms with van der Waals surface area (Å²) < 4.78 is 18.8. The van der Waals surface area contributed by atoms with E-state index in [4.69, 9.17) is 16.3 Å². The molecule has 2 aromatic carbocycles. The van der Waals surface area contributed by atoms with E-state index in [1.165, 1.54) is 24.3 Å². The maximum Gasteiger partial charge on any atom is 0.321 e. The zero-order valence-electron chi connectivity index (χ0n) is 16.3. The van der Waals surface area contributed by atoms with Crippen molar-refractivity contribution in [2.75, 3.05) is 31.5 Å². The fraction of sp³-hybridized carbons (Fsp3) is 0.333. The highest BCUT2D eigenvalue weighted by molar-refractivity contribution is 6.30. The number of rotatable bonds is 4. The minimum absolute atomic E-state index is 0.127. The summed E-state index contributed by atoms with van der Waals surface area (Å²) in [4.78, 5) is 28.4. The van der Waals surface area contributed by atoms with E-state index in [1.54, 1.807) is 34.9 Å². The number of amides is 3. The van der Waals surface area contributed by atoms with Crippen molar-refractivity contribution in [2.24, 2.45) is 0 Å². The first-order valence-corrected chi connectivity index (χ1v) is 9.74. The van der Waals surface area contributed by atoms with E-state index in [0.29, 0.717) is 42.6 Å². The highest BCUT2D eigenvalue weighted by atomic mass is 35.5. The van der Waals surface area contributed by atoms with Gasteiger partial charge in [0.05, 0.1) is 0 Å². The molecule has 1 heterocycles. The van der Waals surface area contributed by atoms with Gasteiger partial charge in [0.1, 0.15) is 11.6 Å². The standard InChI is InChI=1S/C21H23ClFN3O3/c1-14-13-16(22)3-8-19(14)29-15(2)20(27)25-9-11-26(12-10-25)21(28)24-18-6-4-17(23)5-7-18/h3-8,13,15H,9-12H2,1-2H3,(H,24,28). The minimum atomic E-state index is -0.644. The lowest BCUT2D eigenvalue weighted by Crippen LogP contribution is -2.54. The van der Waals surface area contributed by atoms with Crippen molar-refractivity contribution >= 4 is 29.2 Å². The van der Waals surface area contributed by atoms with E-state index >= 15 is 0 Å². The predicted octanol–water partition coefficient (Wildman–Crippen LogP) is 3.93. The van der Waals surface area contributed by atoms with Crippen LogP contribution in [0.5, 0.6) is 5.75 Å². The summed E-state index contributed by atoms with van der Waals surface area (Å²) in [5.41, 5.74) is 1.38. The van der Waals surface area contributed by atoms with Crippen molar-refractivity contribution in [3.8, 4) is 5.75 Å². The van der Waals surface area contributed by atoms with E-state index in [0.717, 1.165) is 5.56 Å². The van der Waals surface area contributed by atoms with Crippen molar-refractivity contribution in [3.05, 3.63) is 58.9 Å². The molecule has 2 aromatic rings. The van der Waals surface area contributed by atoms with Crippen LogP contribution in [0.3, 0.4) is 0 Å². The topological polar surface area (TPSA) is 61.9 Å². The number of piperazine rings is 1. The van der Waals surface area contributed by atoms with Gasteiger partial charge in [-0.1, -0.05) is 11.6 Å². The molecule has 8 heteroatoms. The number of nitrogens with zero attached hydrogens (tertiary/aromatic N) is 2. The number of halogens is 2. The van der Waals surface area contributed by atoms with Crippen LogP contribution in [0, 0.1) is 12.7 Å². The van der Waals surface area contributed by atoms with Crippen LogP contribution in [0.4, 0.5) is 14.9 Å². The van der Waals surface area contributed by atoms with Gasteiger partial charge >= 0.3 is 6.03 Å². The van der Waals surface area contributed by atoms with Crippen molar-refractivity contribution < 1.29 is 18.7 Å². The second-order valence-corrected chi connectivity index (χ2v) is 7.36. The van der Waals surface area contributed by atoms with Gasteiger partial charge in [0.15, 0.2) is 6.10 Å². The summed E-state index contributed by atoms with van der Waals surface area (Å²) in [6.07, 6.45) is -0.644. The molecular weight excluding hydrogens is 397 g/mol. The number of aryl methyl sites for hydroxylation is 1. The van der Waals surface area contributed by atoms with Crippen molar-refractivity contribution in [1.82, 2.24) is 9.80 Å². The fourth-order valence-corrected chi connectivity index (χ4v) is 3.34. The Hall–Kier alpha value is -2.80. The third-order valence-corrected chi connectivity index (χ3v) is 5.00. The van der Waals surface area contributed by atoms with Gasteiger partial charge in [0.2, 0.25) is 0 Å². The largest absolute Gasteiger partial charge is 0.481 e. The lowest BCUT2D eigenvalue weighted by Gasteiger charge is -2.35. The maximum absolute atomic E-state index is 13.0. The average Bonchev–Trinajstić information content (AvgIpc) is 2.71. The lowest BCUT2D eigenvalue weighted by atomic mass is 10.2. The van der Waals surface area contributed by atoms with Crippen molar-refractivity contribution in [2.45, 2.75) is 20.0 Å². The molecule has 1 saturated heterocycles. The number of carbonyl (C=O) groups excluding carboxylic acids is 2. The van der Waals surface area contributed by atoms with Gasteiger partial charge in [0.25, 0.3) is 5.91 Å². The Kier molecular flexibility index (Phi) is 6.59. The van der Waals surface area contributed by atoms with Gasteiger partial charge in [-0.05, 0) is 61.9 Å². The molecule has 1 N–H and O–H groups in total. The SMILES string of the molecule is Cc1cc(Cl)ccc1OC(C)C(=O)N1CCN(C(=O)Nc2ccc(F)cc2)CC1. The third-order valence-electron chi connectivity index (χ3n) is 4.76. The fourth-order valence-electron chi connectivity index (χ4n) is 3.11. The lowest BCUT2D eigenvalue weighted by molar-refractivity contribution is -0.139. The normalized spacial score (nSPS) is 15.0. The molecule has 6 nitrogen and oxygen atoms in total. The monoisotopic (exact) mass is 419 g/mol. The van der Waals surface area contributed by atoms with Gasteiger partial charge < -0.3 is 19.9 Å². The van der Waals surface area contributed by atoms with Crippen LogP contribution in [0.1, 0.15) is 12.5 Å². The number of hydrogen-bond acceptors (Lipinski definition) is 3. The van der Waals surface area contributed by atoms with Gasteiger partial charge in [0, 0.05) is 36.9 Å². The van der Waals surface area contributed by atoms with E-state index in [-0.39, 0.29) is 17.8 Å². The second kappa shape index (κ2) is 9.13. The minimum Gasteiger partial charge on any atom is -0.481 e. The molecule has 154 valence electrons. The smallest absolute Gasteiger partial charge is 0.321 e. The number of nitrogens with one attached hydrogen (secondary N) is 1. The molecule has 1 aliphatic rings. The number of urea groups is 1. The molecule has 1 fully saturated rings. The summed E-state index contributed by atoms with van der Waals surface area (Å²) in [7, 11) is 0. The van der Waals surface area contributed by atoms with E-state index < -0.39 is 6.10 Å². The quantitative estimate of drug-likeness (QED) is 0.816. The summed E-state index contributed by atoms with van der Waals surface area (Å²) in [6.45, 7) is 5.24. The molecule has 3 amide bonds. The highest BCUT2D eigenvalue weighted by Gasteiger charge is 2.28. The van der Waals surface area contributed by atoms with Crippen LogP contribution in [0.2, 0.25) is 5.02 Å². The molecule has 1 aliphatic heterocycles. The maximum atomic E-state index is 13.0. The summed E-state index contributed by atoms with van der Waals surface area (Å²) >= 11 is 5.95. The Morgan fingerprint density at radius 3 is 2.31 bits per heavy atom. The molecule has 0 saturated carbocycles. The summed E-state index contributed by atoms with van der Waals surface area (Å²) in [5.74, 6) is 0.130. The van der Waals surface area contributed by atoms with Gasteiger partial charge in [-0.3, -0.25) is 4.79 Å². The zero-order chi connectivity index (χ0) is 21.0. The van der Waals surface area contributed by atoms with E-state index in [9.17, 15) is 14.0 Å². The van der Waals surface area contributed by atoms with Crippen LogP contribution in [-0.2, 0) is 4.79 Å². The second-order valence-electron chi connectivity index (χ2n) is 6.92. The molecule has 3 rings (SSSR count). The van der Waals surface area contributed by atoms with Crippen molar-refractivity contribution in [3.63, 3.8) is 0 Å². The molecule has 0 bridgehead atoms. The Morgan fingerprint density at radius 2 is 1.69 bits per heavy atom. The van der Waals surface area contributed by atoms with Crippen LogP contribution in [-0.4, -0.2) is 54.0 Å². The zero-order valence-corrected chi connectivity index (χ0v) is 17.1. The van der Waals surface area contributed by atoms with Crippen LogP contribution >= 0.6 is 11.6 Å². The third kappa shape index (κ3) is 5.38. The number of ether oxygens (including phenoxy) is 1. The number of anilines is 1. The van der Waals surface area contributed by atoms with E-state index in [1.807, 2.05) is 6.92 Å². The first-order chi connectivity index (χ1) is 13.8. The van der Waals surface area contributed by atoms with Gasteiger partial charge in [-0.25, -0.2) is 9.18 Å². The van der Waals surface area contributed by atoms with Crippen LogP contribution < -0.4 is 10.1 Å². The molecular formula is C21H23ClFN3O3. The molecule has 1 unspecified atom stereocenters. The first kappa shape index (κ1) is 20.9. The molecule has 0 spiro atoms. The summed E-state index contributed by atoms with van der Waals surface area (Å²) in [6, 6.07) is 10.6. The number of carbonyl (C=O) groups is 2. The van der Waals surface area contributed by atoms with E-state index in [2.05, 4.69) is 5.32 Å². The Labute approximate surface area is 174 Å². The first-order valence-electron chi connectivity index (χ1n) is 9.36.